The zero-order valence-corrected chi connectivity index (χ0v) is 23.1. The number of halogens is 3. The van der Waals surface area contributed by atoms with Gasteiger partial charge in [0.2, 0.25) is 5.88 Å². The smallest absolute Gasteiger partial charge is 0.416 e. The van der Waals surface area contributed by atoms with Crippen LogP contribution in [-0.4, -0.2) is 65.6 Å². The van der Waals surface area contributed by atoms with Gasteiger partial charge in [-0.05, 0) is 68.9 Å². The van der Waals surface area contributed by atoms with E-state index in [1.54, 1.807) is 0 Å². The molecule has 1 spiro atoms. The standard InChI is InChI=1S/C30H38F3N7O2/c1-38-26(17-41-27-14-23(10-12-34-27)30(31,32)33)36-37-28(38)21-4-2-20(3-5-21)22-15-35-40(16-22)25-8-6-24(7-9-25)39-18-29(19-39)11-13-42-29/h10,12,14-16,20-21,24-25H,2-9,11,13,17-19H2,1H3/i11D2,13D2,18D2,19D2. The summed E-state index contributed by atoms with van der Waals surface area (Å²) in [6, 6.07) is 1.29. The second kappa shape index (κ2) is 10.9. The maximum absolute atomic E-state index is 13.0. The zero-order valence-electron chi connectivity index (χ0n) is 31.1. The fourth-order valence-electron chi connectivity index (χ4n) is 6.47. The van der Waals surface area contributed by atoms with Gasteiger partial charge in [0.05, 0.1) is 32.7 Å². The van der Waals surface area contributed by atoms with Crippen molar-refractivity contribution in [2.75, 3.05) is 19.6 Å². The van der Waals surface area contributed by atoms with Crippen molar-refractivity contribution in [1.82, 2.24) is 34.4 Å². The second-order valence-electron chi connectivity index (χ2n) is 11.6. The Morgan fingerprint density at radius 3 is 2.50 bits per heavy atom. The largest absolute Gasteiger partial charge is 0.469 e. The highest BCUT2D eigenvalue weighted by Crippen LogP contribution is 2.43. The SMILES string of the molecule is [2H]C1([2H])OC2(C([2H])([2H])N(C3CCC(n4cc(C5CCC(c6nnc(COc7cc(C(F)(F)F)ccn7)n6C)CC5)cn4)CC3)C2([2H])[2H])C1([2H])[2H]. The predicted octanol–water partition coefficient (Wildman–Crippen LogP) is 5.40. The van der Waals surface area contributed by atoms with Gasteiger partial charge in [-0.1, -0.05) is 0 Å². The number of aromatic nitrogens is 6. The average molecular weight is 594 g/mol. The molecule has 2 saturated carbocycles. The van der Waals surface area contributed by atoms with E-state index in [0.717, 1.165) is 60.3 Å². The van der Waals surface area contributed by atoms with Gasteiger partial charge in [-0.25, -0.2) is 4.98 Å². The van der Waals surface area contributed by atoms with Gasteiger partial charge in [0.15, 0.2) is 5.82 Å². The number of pyridine rings is 1. The van der Waals surface area contributed by atoms with Gasteiger partial charge >= 0.3 is 6.18 Å². The molecule has 4 fully saturated rings. The van der Waals surface area contributed by atoms with Crippen LogP contribution in [-0.2, 0) is 24.6 Å². The van der Waals surface area contributed by atoms with E-state index >= 15 is 0 Å². The third-order valence-corrected chi connectivity index (χ3v) is 8.99. The monoisotopic (exact) mass is 593 g/mol. The van der Waals surface area contributed by atoms with Gasteiger partial charge < -0.3 is 14.0 Å². The van der Waals surface area contributed by atoms with Gasteiger partial charge in [-0.2, -0.15) is 18.3 Å². The van der Waals surface area contributed by atoms with Crippen LogP contribution in [0, 0.1) is 0 Å². The summed E-state index contributed by atoms with van der Waals surface area (Å²) in [5, 5.41) is 13.2. The fourth-order valence-corrected chi connectivity index (χ4v) is 6.47. The molecule has 7 rings (SSSR count). The molecular formula is C30H38F3N7O2. The molecule has 0 bridgehead atoms. The number of hydrogen-bond donors (Lipinski definition) is 0. The van der Waals surface area contributed by atoms with Crippen LogP contribution in [0.5, 0.6) is 5.88 Å². The Morgan fingerprint density at radius 2 is 1.79 bits per heavy atom. The normalized spacial score (nSPS) is 35.5. The molecule has 0 radical (unpaired) electrons. The van der Waals surface area contributed by atoms with Gasteiger partial charge in [0.1, 0.15) is 12.4 Å². The molecule has 3 aromatic rings. The molecule has 2 aliphatic heterocycles. The number of likely N-dealkylation sites (tertiary alicyclic amines) is 1. The zero-order chi connectivity index (χ0) is 36.1. The summed E-state index contributed by atoms with van der Waals surface area (Å²) in [6.07, 6.45) is 3.42. The van der Waals surface area contributed by atoms with Crippen LogP contribution in [0.1, 0.15) is 109 Å². The summed E-state index contributed by atoms with van der Waals surface area (Å²) < 4.78 is 120. The summed E-state index contributed by atoms with van der Waals surface area (Å²) in [6.45, 7) is -7.89. The van der Waals surface area contributed by atoms with E-state index in [9.17, 15) is 13.2 Å². The Kier molecular flexibility index (Phi) is 5.22. The molecule has 226 valence electrons. The van der Waals surface area contributed by atoms with Gasteiger partial charge in [-0.15, -0.1) is 10.2 Å². The first-order chi connectivity index (χ1) is 23.3. The van der Waals surface area contributed by atoms with E-state index in [1.807, 2.05) is 22.5 Å². The molecule has 0 amide bonds. The highest BCUT2D eigenvalue weighted by molar-refractivity contribution is 5.23. The number of ether oxygens (including phenoxy) is 2. The third kappa shape index (κ3) is 5.43. The van der Waals surface area contributed by atoms with Crippen molar-refractivity contribution in [3.05, 3.63) is 53.5 Å². The van der Waals surface area contributed by atoms with Gasteiger partial charge in [0, 0.05) is 65.1 Å². The minimum Gasteiger partial charge on any atom is -0.469 e. The number of hydrogen-bond acceptors (Lipinski definition) is 7. The fraction of sp³-hybridized carbons (Fsp3) is 0.667. The van der Waals surface area contributed by atoms with E-state index in [2.05, 4.69) is 26.5 Å². The molecule has 2 saturated heterocycles. The van der Waals surface area contributed by atoms with Crippen molar-refractivity contribution in [3.63, 3.8) is 0 Å². The van der Waals surface area contributed by atoms with E-state index in [0.29, 0.717) is 37.4 Å². The maximum atomic E-state index is 13.0. The minimum absolute atomic E-state index is 0.0502. The van der Waals surface area contributed by atoms with Crippen molar-refractivity contribution in [2.45, 2.75) is 100 Å². The Balaban J connectivity index is 0.917. The van der Waals surface area contributed by atoms with Gasteiger partial charge in [-0.3, -0.25) is 9.58 Å². The first-order valence-electron chi connectivity index (χ1n) is 18.4. The topological polar surface area (TPSA) is 83.1 Å². The lowest BCUT2D eigenvalue weighted by atomic mass is 9.79. The lowest BCUT2D eigenvalue weighted by Crippen LogP contribution is -2.70. The van der Waals surface area contributed by atoms with Crippen LogP contribution in [0.3, 0.4) is 0 Å². The summed E-state index contributed by atoms with van der Waals surface area (Å²) in [5.41, 5.74) is -2.25. The van der Waals surface area contributed by atoms with Crippen LogP contribution in [0.15, 0.2) is 30.7 Å². The summed E-state index contributed by atoms with van der Waals surface area (Å²) >= 11 is 0. The van der Waals surface area contributed by atoms with E-state index in [1.165, 1.54) is 0 Å². The van der Waals surface area contributed by atoms with Crippen LogP contribution in [0.25, 0.3) is 0 Å². The predicted molar refractivity (Wildman–Crippen MR) is 147 cm³/mol. The van der Waals surface area contributed by atoms with Crippen LogP contribution in [0.4, 0.5) is 13.2 Å². The van der Waals surface area contributed by atoms with Crippen molar-refractivity contribution in [1.29, 1.82) is 0 Å². The molecular weight excluding hydrogens is 547 g/mol. The van der Waals surface area contributed by atoms with Crippen molar-refractivity contribution in [2.24, 2.45) is 7.05 Å². The molecule has 4 aliphatic rings. The Bertz CT molecular complexity index is 1720. The summed E-state index contributed by atoms with van der Waals surface area (Å²) in [5.74, 6) is 1.60. The van der Waals surface area contributed by atoms with E-state index in [4.69, 9.17) is 20.4 Å². The summed E-state index contributed by atoms with van der Waals surface area (Å²) in [4.78, 5) is 4.90. The highest BCUT2D eigenvalue weighted by Gasteiger charge is 2.51. The molecule has 9 nitrogen and oxygen atoms in total. The average Bonchev–Trinajstić information content (AvgIpc) is 3.69. The van der Waals surface area contributed by atoms with Crippen LogP contribution >= 0.6 is 0 Å². The molecule has 3 aromatic heterocycles. The maximum Gasteiger partial charge on any atom is 0.416 e. The first-order valence-corrected chi connectivity index (χ1v) is 14.4. The van der Waals surface area contributed by atoms with Crippen molar-refractivity contribution < 1.29 is 33.6 Å². The van der Waals surface area contributed by atoms with Crippen molar-refractivity contribution >= 4 is 0 Å². The Morgan fingerprint density at radius 1 is 1.05 bits per heavy atom. The quantitative estimate of drug-likeness (QED) is 0.363. The van der Waals surface area contributed by atoms with E-state index < -0.39 is 49.3 Å². The highest BCUT2D eigenvalue weighted by atomic mass is 19.4. The third-order valence-electron chi connectivity index (χ3n) is 8.99. The molecule has 0 unspecified atom stereocenters. The molecule has 42 heavy (non-hydrogen) atoms. The number of alkyl halides is 3. The molecule has 12 heteroatoms. The number of nitrogens with zero attached hydrogens (tertiary/aromatic N) is 7. The second-order valence-corrected chi connectivity index (χ2v) is 11.6. The molecule has 0 aromatic carbocycles. The van der Waals surface area contributed by atoms with Crippen molar-refractivity contribution in [3.8, 4) is 5.88 Å². The molecule has 2 aliphatic carbocycles. The Hall–Kier alpha value is -2.99. The molecule has 5 heterocycles. The van der Waals surface area contributed by atoms with Gasteiger partial charge in [0.25, 0.3) is 0 Å². The lowest BCUT2D eigenvalue weighted by Gasteiger charge is -2.58. The van der Waals surface area contributed by atoms with Crippen LogP contribution < -0.4 is 4.74 Å². The Labute approximate surface area is 254 Å². The summed E-state index contributed by atoms with van der Waals surface area (Å²) in [7, 11) is 1.82. The molecule has 0 N–H and O–H groups in total. The van der Waals surface area contributed by atoms with E-state index in [-0.39, 0.29) is 24.4 Å². The minimum atomic E-state index is -4.49. The number of rotatable bonds is 7. The lowest BCUT2D eigenvalue weighted by molar-refractivity contribution is -0.231. The van der Waals surface area contributed by atoms with Crippen LogP contribution in [0.2, 0.25) is 0 Å². The first kappa shape index (κ1) is 20.1. The molecule has 0 atom stereocenters.